The fourth-order valence-corrected chi connectivity index (χ4v) is 2.46. The summed E-state index contributed by atoms with van der Waals surface area (Å²) in [5.41, 5.74) is 5.10. The second kappa shape index (κ2) is 5.14. The first kappa shape index (κ1) is 16.1. The molecular weight excluding hydrogens is 303 g/mol. The van der Waals surface area contributed by atoms with Gasteiger partial charge in [-0.1, -0.05) is 23.2 Å². The summed E-state index contributed by atoms with van der Waals surface area (Å²) in [6.07, 6.45) is 0. The fraction of sp³-hybridized carbons (Fsp3) is 0.538. The summed E-state index contributed by atoms with van der Waals surface area (Å²) in [5, 5.41) is 0.337. The molecule has 2 N–H and O–H groups in total. The standard InChI is InChI=1S/C13H17BCl2FNO2/c1-12(2)13(3,4)20-14(19-12)11(18)9-8(17)6-5-7(15)10(9)16/h5-6,11H,18H2,1-4H3/t11-/m0/s1. The third kappa shape index (κ3) is 2.58. The van der Waals surface area contributed by atoms with E-state index in [0.29, 0.717) is 0 Å². The van der Waals surface area contributed by atoms with Gasteiger partial charge in [-0.3, -0.25) is 0 Å². The van der Waals surface area contributed by atoms with E-state index in [-0.39, 0.29) is 15.6 Å². The van der Waals surface area contributed by atoms with E-state index in [2.05, 4.69) is 0 Å². The zero-order valence-corrected chi connectivity index (χ0v) is 13.3. The zero-order valence-electron chi connectivity index (χ0n) is 11.8. The Morgan fingerprint density at radius 3 is 2.15 bits per heavy atom. The summed E-state index contributed by atoms with van der Waals surface area (Å²) in [6.45, 7) is 7.59. The second-order valence-electron chi connectivity index (χ2n) is 5.91. The predicted octanol–water partition coefficient (Wildman–Crippen LogP) is 3.76. The van der Waals surface area contributed by atoms with Crippen molar-refractivity contribution < 1.29 is 13.7 Å². The van der Waals surface area contributed by atoms with Crippen LogP contribution < -0.4 is 5.73 Å². The summed E-state index contributed by atoms with van der Waals surface area (Å²) >= 11 is 12.0. The first-order chi connectivity index (χ1) is 9.07. The fourth-order valence-electron chi connectivity index (χ4n) is 2.02. The van der Waals surface area contributed by atoms with Gasteiger partial charge in [0.25, 0.3) is 0 Å². The average molecular weight is 320 g/mol. The molecule has 0 bridgehead atoms. The van der Waals surface area contributed by atoms with Crippen molar-refractivity contribution in [1.82, 2.24) is 0 Å². The van der Waals surface area contributed by atoms with Gasteiger partial charge in [-0.25, -0.2) is 4.39 Å². The van der Waals surface area contributed by atoms with Gasteiger partial charge < -0.3 is 15.0 Å². The molecule has 1 fully saturated rings. The van der Waals surface area contributed by atoms with Crippen molar-refractivity contribution in [2.75, 3.05) is 0 Å². The molecule has 1 aliphatic rings. The first-order valence-corrected chi connectivity index (χ1v) is 7.07. The second-order valence-corrected chi connectivity index (χ2v) is 6.69. The molecule has 1 aromatic rings. The van der Waals surface area contributed by atoms with E-state index in [4.69, 9.17) is 38.2 Å². The molecule has 0 radical (unpaired) electrons. The minimum Gasteiger partial charge on any atom is -0.402 e. The lowest BCUT2D eigenvalue weighted by Crippen LogP contribution is -2.41. The molecule has 0 spiro atoms. The van der Waals surface area contributed by atoms with Crippen molar-refractivity contribution in [3.05, 3.63) is 33.6 Å². The quantitative estimate of drug-likeness (QED) is 0.666. The summed E-state index contributed by atoms with van der Waals surface area (Å²) in [7, 11) is -0.787. The van der Waals surface area contributed by atoms with E-state index in [1.807, 2.05) is 27.7 Å². The van der Waals surface area contributed by atoms with E-state index in [0.717, 1.165) is 0 Å². The van der Waals surface area contributed by atoms with E-state index >= 15 is 0 Å². The van der Waals surface area contributed by atoms with Crippen LogP contribution in [-0.2, 0) is 9.31 Å². The predicted molar refractivity (Wildman–Crippen MR) is 79.4 cm³/mol. The lowest BCUT2D eigenvalue weighted by atomic mass is 9.74. The molecule has 0 amide bonds. The van der Waals surface area contributed by atoms with Gasteiger partial charge in [-0.05, 0) is 39.8 Å². The van der Waals surface area contributed by atoms with E-state index in [1.165, 1.54) is 12.1 Å². The van der Waals surface area contributed by atoms with Crippen molar-refractivity contribution in [3.63, 3.8) is 0 Å². The molecule has 7 heteroatoms. The van der Waals surface area contributed by atoms with Crippen molar-refractivity contribution in [1.29, 1.82) is 0 Å². The van der Waals surface area contributed by atoms with Crippen LogP contribution in [-0.4, -0.2) is 18.3 Å². The van der Waals surface area contributed by atoms with Crippen LogP contribution in [0.1, 0.15) is 39.2 Å². The highest BCUT2D eigenvalue weighted by molar-refractivity contribution is 6.49. The van der Waals surface area contributed by atoms with Crippen LogP contribution in [0.15, 0.2) is 12.1 Å². The van der Waals surface area contributed by atoms with Crippen molar-refractivity contribution in [2.45, 2.75) is 44.8 Å². The highest BCUT2D eigenvalue weighted by atomic mass is 35.5. The minimum absolute atomic E-state index is 0.0916. The molecular formula is C13H17BCl2FNO2. The molecule has 0 aliphatic carbocycles. The van der Waals surface area contributed by atoms with Crippen LogP contribution in [0.2, 0.25) is 10.0 Å². The van der Waals surface area contributed by atoms with Gasteiger partial charge in [0.05, 0.1) is 27.2 Å². The van der Waals surface area contributed by atoms with Crippen LogP contribution in [0.25, 0.3) is 0 Å². The molecule has 3 nitrogen and oxygen atoms in total. The number of benzene rings is 1. The van der Waals surface area contributed by atoms with Gasteiger partial charge in [-0.15, -0.1) is 0 Å². The van der Waals surface area contributed by atoms with Crippen molar-refractivity contribution in [2.24, 2.45) is 5.73 Å². The van der Waals surface area contributed by atoms with E-state index < -0.39 is 30.1 Å². The number of hydrogen-bond donors (Lipinski definition) is 1. The Morgan fingerprint density at radius 1 is 1.15 bits per heavy atom. The van der Waals surface area contributed by atoms with Crippen molar-refractivity contribution in [3.8, 4) is 0 Å². The molecule has 0 saturated carbocycles. The number of nitrogens with two attached hydrogens (primary N) is 1. The Hall–Kier alpha value is -0.325. The molecule has 2 rings (SSSR count). The number of hydrogen-bond acceptors (Lipinski definition) is 3. The van der Waals surface area contributed by atoms with Gasteiger partial charge in [0.15, 0.2) is 0 Å². The van der Waals surface area contributed by atoms with Crippen LogP contribution in [0.5, 0.6) is 0 Å². The van der Waals surface area contributed by atoms with Gasteiger partial charge in [-0.2, -0.15) is 0 Å². The molecule has 1 atom stereocenters. The first-order valence-electron chi connectivity index (χ1n) is 6.31. The lowest BCUT2D eigenvalue weighted by Gasteiger charge is -2.32. The van der Waals surface area contributed by atoms with Gasteiger partial charge in [0.1, 0.15) is 5.82 Å². The van der Waals surface area contributed by atoms with Crippen LogP contribution in [0.4, 0.5) is 4.39 Å². The Balaban J connectivity index is 2.35. The van der Waals surface area contributed by atoms with Gasteiger partial charge >= 0.3 is 7.12 Å². The number of rotatable bonds is 2. The maximum atomic E-state index is 14.0. The summed E-state index contributed by atoms with van der Waals surface area (Å²) < 4.78 is 25.6. The monoisotopic (exact) mass is 319 g/mol. The molecule has 1 aliphatic heterocycles. The topological polar surface area (TPSA) is 44.5 Å². The molecule has 0 aromatic heterocycles. The Morgan fingerprint density at radius 2 is 1.65 bits per heavy atom. The summed E-state index contributed by atoms with van der Waals surface area (Å²) in [4.78, 5) is 0. The lowest BCUT2D eigenvalue weighted by molar-refractivity contribution is 0.00578. The summed E-state index contributed by atoms with van der Waals surface area (Å²) in [5.74, 6) is -1.39. The minimum atomic E-state index is -0.859. The van der Waals surface area contributed by atoms with Gasteiger partial charge in [0, 0.05) is 5.56 Å². The normalized spacial score (nSPS) is 22.1. The zero-order chi connectivity index (χ0) is 15.3. The Labute approximate surface area is 128 Å². The summed E-state index contributed by atoms with van der Waals surface area (Å²) in [6, 6.07) is 2.62. The number of halogens is 3. The SMILES string of the molecule is CC1(C)OB([C@@H](N)c2c(F)ccc(Cl)c2Cl)OC1(C)C. The van der Waals surface area contributed by atoms with Crippen LogP contribution in [0.3, 0.4) is 0 Å². The highest BCUT2D eigenvalue weighted by Crippen LogP contribution is 2.41. The van der Waals surface area contributed by atoms with Crippen molar-refractivity contribution >= 4 is 30.3 Å². The molecule has 110 valence electrons. The Bertz CT molecular complexity index is 523. The molecule has 1 heterocycles. The average Bonchev–Trinajstić information content (AvgIpc) is 2.54. The van der Waals surface area contributed by atoms with Crippen LogP contribution in [0, 0.1) is 5.82 Å². The molecule has 0 unspecified atom stereocenters. The Kier molecular flexibility index (Phi) is 4.13. The third-order valence-corrected chi connectivity index (χ3v) is 4.80. The maximum absolute atomic E-state index is 14.0. The molecule has 20 heavy (non-hydrogen) atoms. The maximum Gasteiger partial charge on any atom is 0.480 e. The van der Waals surface area contributed by atoms with Crippen LogP contribution >= 0.6 is 23.2 Å². The third-order valence-electron chi connectivity index (χ3n) is 3.98. The largest absolute Gasteiger partial charge is 0.480 e. The van der Waals surface area contributed by atoms with E-state index in [1.54, 1.807) is 0 Å². The highest BCUT2D eigenvalue weighted by Gasteiger charge is 2.54. The molecule has 1 saturated heterocycles. The van der Waals surface area contributed by atoms with Gasteiger partial charge in [0.2, 0.25) is 0 Å². The molecule has 1 aromatic carbocycles. The van der Waals surface area contributed by atoms with E-state index in [9.17, 15) is 4.39 Å². The smallest absolute Gasteiger partial charge is 0.402 e.